The van der Waals surface area contributed by atoms with Crippen LogP contribution in [0.5, 0.6) is 0 Å². The second-order valence-electron chi connectivity index (χ2n) is 3.60. The molecule has 0 aliphatic carbocycles. The zero-order valence-corrected chi connectivity index (χ0v) is 9.66. The first-order chi connectivity index (χ1) is 7.31. The summed E-state index contributed by atoms with van der Waals surface area (Å²) in [6, 6.07) is 0. The molecule has 1 aromatic heterocycles. The molecule has 0 atom stereocenters. The predicted molar refractivity (Wildman–Crippen MR) is 60.1 cm³/mol. The highest BCUT2D eigenvalue weighted by Gasteiger charge is 2.21. The van der Waals surface area contributed by atoms with E-state index in [1.807, 2.05) is 10.3 Å². The lowest BCUT2D eigenvalue weighted by Crippen LogP contribution is -2.48. The second kappa shape index (κ2) is 4.72. The number of carbonyl (C=O) groups excluding carboxylic acids is 1. The van der Waals surface area contributed by atoms with Gasteiger partial charge in [0.2, 0.25) is 0 Å². The first kappa shape index (κ1) is 10.6. The van der Waals surface area contributed by atoms with Crippen LogP contribution in [0.3, 0.4) is 0 Å². The van der Waals surface area contributed by atoms with Crippen LogP contribution >= 0.6 is 11.3 Å². The zero-order chi connectivity index (χ0) is 10.7. The number of amides is 1. The third-order valence-corrected chi connectivity index (χ3v) is 3.34. The summed E-state index contributed by atoms with van der Waals surface area (Å²) in [5.41, 5.74) is 2.29. The molecular formula is C10H15N3OS. The van der Waals surface area contributed by atoms with Gasteiger partial charge in [0.1, 0.15) is 5.69 Å². The van der Waals surface area contributed by atoms with Crippen molar-refractivity contribution in [3.05, 3.63) is 16.6 Å². The van der Waals surface area contributed by atoms with Crippen molar-refractivity contribution in [2.75, 3.05) is 32.7 Å². The van der Waals surface area contributed by atoms with Gasteiger partial charge in [-0.25, -0.2) is 4.98 Å². The number of nitrogens with zero attached hydrogens (tertiary/aromatic N) is 3. The van der Waals surface area contributed by atoms with Crippen molar-refractivity contribution in [3.8, 4) is 0 Å². The summed E-state index contributed by atoms with van der Waals surface area (Å²) in [4.78, 5) is 20.2. The van der Waals surface area contributed by atoms with Gasteiger partial charge in [-0.2, -0.15) is 0 Å². The Kier molecular flexibility index (Phi) is 3.33. The first-order valence-corrected chi connectivity index (χ1v) is 6.15. The Labute approximate surface area is 93.5 Å². The molecule has 2 heterocycles. The van der Waals surface area contributed by atoms with Crippen LogP contribution in [0.2, 0.25) is 0 Å². The van der Waals surface area contributed by atoms with Crippen LogP contribution in [-0.2, 0) is 0 Å². The fourth-order valence-electron chi connectivity index (χ4n) is 1.75. The van der Waals surface area contributed by atoms with E-state index in [0.717, 1.165) is 32.7 Å². The van der Waals surface area contributed by atoms with Gasteiger partial charge in [0.05, 0.1) is 5.51 Å². The van der Waals surface area contributed by atoms with E-state index >= 15 is 0 Å². The number of aromatic nitrogens is 1. The summed E-state index contributed by atoms with van der Waals surface area (Å²) >= 11 is 1.47. The topological polar surface area (TPSA) is 36.4 Å². The van der Waals surface area contributed by atoms with Crippen molar-refractivity contribution >= 4 is 17.2 Å². The highest BCUT2D eigenvalue weighted by molar-refractivity contribution is 7.07. The van der Waals surface area contributed by atoms with Crippen molar-refractivity contribution in [2.24, 2.45) is 0 Å². The van der Waals surface area contributed by atoms with E-state index in [2.05, 4.69) is 16.8 Å². The Morgan fingerprint density at radius 3 is 2.73 bits per heavy atom. The summed E-state index contributed by atoms with van der Waals surface area (Å²) in [6.07, 6.45) is 0. The average molecular weight is 225 g/mol. The molecule has 0 saturated carbocycles. The molecule has 1 aliphatic rings. The molecule has 82 valence electrons. The molecule has 1 saturated heterocycles. The van der Waals surface area contributed by atoms with Crippen molar-refractivity contribution in [1.82, 2.24) is 14.8 Å². The summed E-state index contributed by atoms with van der Waals surface area (Å²) in [6.45, 7) is 6.82. The summed E-state index contributed by atoms with van der Waals surface area (Å²) < 4.78 is 0. The van der Waals surface area contributed by atoms with E-state index in [-0.39, 0.29) is 5.91 Å². The lowest BCUT2D eigenvalue weighted by molar-refractivity contribution is 0.0638. The number of rotatable bonds is 2. The average Bonchev–Trinajstić information content (AvgIpc) is 2.82. The molecular weight excluding hydrogens is 210 g/mol. The molecule has 15 heavy (non-hydrogen) atoms. The SMILES string of the molecule is CCN1CCN(C(=O)c2cscn2)CC1. The fourth-order valence-corrected chi connectivity index (χ4v) is 2.27. The highest BCUT2D eigenvalue weighted by Crippen LogP contribution is 2.08. The Hall–Kier alpha value is -0.940. The Bertz CT molecular complexity index is 317. The summed E-state index contributed by atoms with van der Waals surface area (Å²) in [5, 5.41) is 1.81. The molecule has 1 fully saturated rings. The molecule has 2 rings (SSSR count). The van der Waals surface area contributed by atoms with Crippen molar-refractivity contribution < 1.29 is 4.79 Å². The van der Waals surface area contributed by atoms with Crippen LogP contribution < -0.4 is 0 Å². The summed E-state index contributed by atoms with van der Waals surface area (Å²) in [7, 11) is 0. The maximum atomic E-state index is 11.9. The van der Waals surface area contributed by atoms with E-state index in [9.17, 15) is 4.79 Å². The van der Waals surface area contributed by atoms with Gasteiger partial charge in [-0.1, -0.05) is 6.92 Å². The van der Waals surface area contributed by atoms with Gasteiger partial charge in [0, 0.05) is 31.6 Å². The lowest BCUT2D eigenvalue weighted by atomic mass is 10.3. The summed E-state index contributed by atoms with van der Waals surface area (Å²) in [5.74, 6) is 0.0759. The molecule has 4 nitrogen and oxygen atoms in total. The number of hydrogen-bond donors (Lipinski definition) is 0. The van der Waals surface area contributed by atoms with E-state index < -0.39 is 0 Å². The molecule has 0 aromatic carbocycles. The van der Waals surface area contributed by atoms with Crippen LogP contribution in [-0.4, -0.2) is 53.4 Å². The van der Waals surface area contributed by atoms with Crippen molar-refractivity contribution in [1.29, 1.82) is 0 Å². The van der Waals surface area contributed by atoms with Crippen molar-refractivity contribution in [3.63, 3.8) is 0 Å². The van der Waals surface area contributed by atoms with Gasteiger partial charge in [-0.05, 0) is 6.54 Å². The van der Waals surface area contributed by atoms with Gasteiger partial charge < -0.3 is 9.80 Å². The fraction of sp³-hybridized carbons (Fsp3) is 0.600. The Morgan fingerprint density at radius 1 is 1.47 bits per heavy atom. The number of carbonyl (C=O) groups is 1. The van der Waals surface area contributed by atoms with Crippen LogP contribution in [0.1, 0.15) is 17.4 Å². The largest absolute Gasteiger partial charge is 0.335 e. The Morgan fingerprint density at radius 2 is 2.20 bits per heavy atom. The van der Waals surface area contributed by atoms with Gasteiger partial charge in [-0.15, -0.1) is 11.3 Å². The number of thiazole rings is 1. The van der Waals surface area contributed by atoms with E-state index in [1.165, 1.54) is 11.3 Å². The molecule has 1 aromatic rings. The molecule has 0 unspecified atom stereocenters. The standard InChI is InChI=1S/C10H15N3OS/c1-2-12-3-5-13(6-4-12)10(14)9-7-15-8-11-9/h7-8H,2-6H2,1H3. The number of likely N-dealkylation sites (N-methyl/N-ethyl adjacent to an activating group) is 1. The molecule has 0 spiro atoms. The minimum Gasteiger partial charge on any atom is -0.335 e. The third-order valence-electron chi connectivity index (χ3n) is 2.76. The minimum atomic E-state index is 0.0759. The number of hydrogen-bond acceptors (Lipinski definition) is 4. The van der Waals surface area contributed by atoms with Gasteiger partial charge in [-0.3, -0.25) is 4.79 Å². The zero-order valence-electron chi connectivity index (χ0n) is 8.85. The Balaban J connectivity index is 1.93. The van der Waals surface area contributed by atoms with Crippen LogP contribution in [0.25, 0.3) is 0 Å². The molecule has 0 N–H and O–H groups in total. The monoisotopic (exact) mass is 225 g/mol. The molecule has 5 heteroatoms. The quantitative estimate of drug-likeness (QED) is 0.751. The van der Waals surface area contributed by atoms with Gasteiger partial charge in [0.15, 0.2) is 0 Å². The smallest absolute Gasteiger partial charge is 0.273 e. The predicted octanol–water partition coefficient (Wildman–Crippen LogP) is 0.921. The van der Waals surface area contributed by atoms with Crippen molar-refractivity contribution in [2.45, 2.75) is 6.92 Å². The molecule has 0 radical (unpaired) electrons. The van der Waals surface area contributed by atoms with Crippen LogP contribution in [0, 0.1) is 0 Å². The van der Waals surface area contributed by atoms with Gasteiger partial charge in [0.25, 0.3) is 5.91 Å². The molecule has 1 aliphatic heterocycles. The normalized spacial score (nSPS) is 18.1. The van der Waals surface area contributed by atoms with E-state index in [0.29, 0.717) is 5.69 Å². The highest BCUT2D eigenvalue weighted by atomic mass is 32.1. The number of piperazine rings is 1. The maximum Gasteiger partial charge on any atom is 0.273 e. The van der Waals surface area contributed by atoms with E-state index in [4.69, 9.17) is 0 Å². The van der Waals surface area contributed by atoms with Crippen LogP contribution in [0.15, 0.2) is 10.9 Å². The third kappa shape index (κ3) is 2.35. The van der Waals surface area contributed by atoms with Crippen LogP contribution in [0.4, 0.5) is 0 Å². The van der Waals surface area contributed by atoms with E-state index in [1.54, 1.807) is 5.51 Å². The van der Waals surface area contributed by atoms with Gasteiger partial charge >= 0.3 is 0 Å². The molecule has 0 bridgehead atoms. The maximum absolute atomic E-state index is 11.9. The first-order valence-electron chi connectivity index (χ1n) is 5.21. The lowest BCUT2D eigenvalue weighted by Gasteiger charge is -2.33. The minimum absolute atomic E-state index is 0.0759. The second-order valence-corrected chi connectivity index (χ2v) is 4.32. The molecule has 1 amide bonds.